The molecule has 1 atom stereocenters. The third-order valence-electron chi connectivity index (χ3n) is 4.61. The van der Waals surface area contributed by atoms with E-state index in [1.165, 1.54) is 11.3 Å². The first kappa shape index (κ1) is 22.3. The molecule has 0 fully saturated rings. The van der Waals surface area contributed by atoms with Crippen LogP contribution in [0.4, 0.5) is 0 Å². The highest BCUT2D eigenvalue weighted by Gasteiger charge is 2.18. The lowest BCUT2D eigenvalue weighted by atomic mass is 10.1. The minimum atomic E-state index is -0.365. The molecule has 0 saturated heterocycles. The molecule has 3 rings (SSSR count). The SMILES string of the molecule is Cc1ccc(OC[C@@H](C)NC(=O)/C(=C/c2cccs2)NC(=O)c2ccccc2C)cc1. The molecule has 6 heteroatoms. The average Bonchev–Trinajstić information content (AvgIpc) is 3.26. The summed E-state index contributed by atoms with van der Waals surface area (Å²) in [5.41, 5.74) is 2.72. The molecule has 5 nitrogen and oxygen atoms in total. The van der Waals surface area contributed by atoms with Gasteiger partial charge in [-0.3, -0.25) is 9.59 Å². The second-order valence-electron chi connectivity index (χ2n) is 7.34. The highest BCUT2D eigenvalue weighted by atomic mass is 32.1. The summed E-state index contributed by atoms with van der Waals surface area (Å²) < 4.78 is 5.76. The van der Waals surface area contributed by atoms with Crippen molar-refractivity contribution in [2.24, 2.45) is 0 Å². The molecule has 0 spiro atoms. The van der Waals surface area contributed by atoms with Crippen LogP contribution in [-0.2, 0) is 4.79 Å². The number of hydrogen-bond donors (Lipinski definition) is 2. The van der Waals surface area contributed by atoms with Crippen molar-refractivity contribution in [1.82, 2.24) is 10.6 Å². The van der Waals surface area contributed by atoms with Gasteiger partial charge in [-0.05, 0) is 62.1 Å². The monoisotopic (exact) mass is 434 g/mol. The van der Waals surface area contributed by atoms with Gasteiger partial charge in [0.25, 0.3) is 11.8 Å². The highest BCUT2D eigenvalue weighted by Crippen LogP contribution is 2.15. The zero-order chi connectivity index (χ0) is 22.2. The Morgan fingerprint density at radius 2 is 1.77 bits per heavy atom. The van der Waals surface area contributed by atoms with Gasteiger partial charge in [0.15, 0.2) is 0 Å². The van der Waals surface area contributed by atoms with Gasteiger partial charge in [0.05, 0.1) is 6.04 Å². The van der Waals surface area contributed by atoms with Gasteiger partial charge in [0.2, 0.25) is 0 Å². The van der Waals surface area contributed by atoms with Crippen LogP contribution in [0.5, 0.6) is 5.75 Å². The molecule has 3 aromatic rings. The number of thiophene rings is 1. The molecule has 0 saturated carbocycles. The number of hydrogen-bond acceptors (Lipinski definition) is 4. The molecule has 0 bridgehead atoms. The van der Waals surface area contributed by atoms with E-state index in [1.807, 2.05) is 74.7 Å². The number of benzene rings is 2. The summed E-state index contributed by atoms with van der Waals surface area (Å²) in [6.45, 7) is 6.05. The smallest absolute Gasteiger partial charge is 0.268 e. The van der Waals surface area contributed by atoms with Crippen molar-refractivity contribution < 1.29 is 14.3 Å². The van der Waals surface area contributed by atoms with Crippen LogP contribution in [0.3, 0.4) is 0 Å². The lowest BCUT2D eigenvalue weighted by Crippen LogP contribution is -2.41. The number of amides is 2. The Morgan fingerprint density at radius 1 is 1.03 bits per heavy atom. The van der Waals surface area contributed by atoms with Gasteiger partial charge in [0.1, 0.15) is 18.1 Å². The number of nitrogens with one attached hydrogen (secondary N) is 2. The van der Waals surface area contributed by atoms with Crippen molar-refractivity contribution in [2.75, 3.05) is 6.61 Å². The average molecular weight is 435 g/mol. The van der Waals surface area contributed by atoms with Crippen molar-refractivity contribution >= 4 is 29.2 Å². The third kappa shape index (κ3) is 6.55. The Hall–Kier alpha value is -3.38. The summed E-state index contributed by atoms with van der Waals surface area (Å²) in [5.74, 6) is 0.0591. The molecule has 1 aromatic heterocycles. The van der Waals surface area contributed by atoms with Crippen molar-refractivity contribution in [3.63, 3.8) is 0 Å². The second kappa shape index (κ2) is 10.6. The van der Waals surface area contributed by atoms with Crippen LogP contribution in [0.2, 0.25) is 0 Å². The molecule has 2 amide bonds. The van der Waals surface area contributed by atoms with Gasteiger partial charge in [0, 0.05) is 10.4 Å². The summed E-state index contributed by atoms with van der Waals surface area (Å²) >= 11 is 1.49. The van der Waals surface area contributed by atoms with Gasteiger partial charge < -0.3 is 15.4 Å². The minimum Gasteiger partial charge on any atom is -0.491 e. The molecule has 0 unspecified atom stereocenters. The summed E-state index contributed by atoms with van der Waals surface area (Å²) in [4.78, 5) is 26.6. The Bertz CT molecular complexity index is 1060. The number of rotatable bonds is 8. The van der Waals surface area contributed by atoms with Gasteiger partial charge in [-0.15, -0.1) is 11.3 Å². The first-order chi connectivity index (χ1) is 14.9. The third-order valence-corrected chi connectivity index (χ3v) is 5.43. The first-order valence-electron chi connectivity index (χ1n) is 10.0. The lowest BCUT2D eigenvalue weighted by Gasteiger charge is -2.17. The molecule has 0 aliphatic heterocycles. The number of carbonyl (C=O) groups is 2. The Labute approximate surface area is 186 Å². The minimum absolute atomic E-state index is 0.192. The molecular weight excluding hydrogens is 408 g/mol. The summed E-state index contributed by atoms with van der Waals surface area (Å²) in [7, 11) is 0. The number of aryl methyl sites for hydroxylation is 2. The highest BCUT2D eigenvalue weighted by molar-refractivity contribution is 7.10. The predicted molar refractivity (Wildman–Crippen MR) is 125 cm³/mol. The van der Waals surface area contributed by atoms with Crippen molar-refractivity contribution in [3.8, 4) is 5.75 Å². The molecule has 1 heterocycles. The van der Waals surface area contributed by atoms with Crippen molar-refractivity contribution in [1.29, 1.82) is 0 Å². The van der Waals surface area contributed by atoms with Crippen LogP contribution >= 0.6 is 11.3 Å². The zero-order valence-corrected chi connectivity index (χ0v) is 18.7. The number of carbonyl (C=O) groups excluding carboxylic acids is 2. The Morgan fingerprint density at radius 3 is 2.45 bits per heavy atom. The summed E-state index contributed by atoms with van der Waals surface area (Å²) in [5, 5.41) is 7.60. The van der Waals surface area contributed by atoms with E-state index >= 15 is 0 Å². The molecule has 31 heavy (non-hydrogen) atoms. The summed E-state index contributed by atoms with van der Waals surface area (Å²) in [6.07, 6.45) is 1.68. The molecule has 0 radical (unpaired) electrons. The fourth-order valence-corrected chi connectivity index (χ4v) is 3.55. The number of ether oxygens (including phenoxy) is 1. The van der Waals surface area contributed by atoms with E-state index in [9.17, 15) is 9.59 Å². The van der Waals surface area contributed by atoms with E-state index in [0.29, 0.717) is 12.2 Å². The largest absolute Gasteiger partial charge is 0.491 e. The topological polar surface area (TPSA) is 67.4 Å². The van der Waals surface area contributed by atoms with Gasteiger partial charge >= 0.3 is 0 Å². The second-order valence-corrected chi connectivity index (χ2v) is 8.32. The van der Waals surface area contributed by atoms with E-state index in [4.69, 9.17) is 4.74 Å². The fraction of sp³-hybridized carbons (Fsp3) is 0.200. The van der Waals surface area contributed by atoms with Crippen molar-refractivity contribution in [3.05, 3.63) is 93.3 Å². The molecule has 160 valence electrons. The first-order valence-corrected chi connectivity index (χ1v) is 10.9. The molecular formula is C25H26N2O3S. The van der Waals surface area contributed by atoms with E-state index in [1.54, 1.807) is 18.2 Å². The van der Waals surface area contributed by atoms with Crippen molar-refractivity contribution in [2.45, 2.75) is 26.8 Å². The van der Waals surface area contributed by atoms with Crippen LogP contribution in [0.25, 0.3) is 6.08 Å². The maximum absolute atomic E-state index is 12.9. The van der Waals surface area contributed by atoms with Crippen LogP contribution in [0.15, 0.2) is 71.7 Å². The zero-order valence-electron chi connectivity index (χ0n) is 17.8. The molecule has 0 aliphatic carbocycles. The van der Waals surface area contributed by atoms with E-state index in [2.05, 4.69) is 10.6 Å². The standard InChI is InChI=1S/C25H26N2O3S/c1-17-10-12-20(13-11-17)30-16-19(3)26-25(29)23(15-21-8-6-14-31-21)27-24(28)22-9-5-4-7-18(22)2/h4-15,19H,16H2,1-3H3,(H,26,29)(H,27,28)/b23-15-/t19-/m1/s1. The van der Waals surface area contributed by atoms with Gasteiger partial charge in [-0.1, -0.05) is 42.0 Å². The molecule has 0 aliphatic rings. The van der Waals surface area contributed by atoms with Crippen LogP contribution in [0, 0.1) is 13.8 Å². The van der Waals surface area contributed by atoms with E-state index in [0.717, 1.165) is 21.8 Å². The lowest BCUT2D eigenvalue weighted by molar-refractivity contribution is -0.118. The fourth-order valence-electron chi connectivity index (χ4n) is 2.89. The maximum atomic E-state index is 12.9. The molecule has 2 N–H and O–H groups in total. The van der Waals surface area contributed by atoms with Crippen LogP contribution < -0.4 is 15.4 Å². The van der Waals surface area contributed by atoms with Gasteiger partial charge in [-0.2, -0.15) is 0 Å². The van der Waals surface area contributed by atoms with E-state index < -0.39 is 0 Å². The quantitative estimate of drug-likeness (QED) is 0.504. The van der Waals surface area contributed by atoms with Crippen LogP contribution in [-0.4, -0.2) is 24.5 Å². The van der Waals surface area contributed by atoms with E-state index in [-0.39, 0.29) is 23.6 Å². The Kier molecular flexibility index (Phi) is 7.62. The Balaban J connectivity index is 1.68. The van der Waals surface area contributed by atoms with Gasteiger partial charge in [-0.25, -0.2) is 0 Å². The maximum Gasteiger partial charge on any atom is 0.268 e. The van der Waals surface area contributed by atoms with Crippen LogP contribution in [0.1, 0.15) is 33.3 Å². The normalized spacial score (nSPS) is 12.2. The summed E-state index contributed by atoms with van der Waals surface area (Å²) in [6, 6.07) is 18.6. The predicted octanol–water partition coefficient (Wildman–Crippen LogP) is 4.72. The molecule has 2 aromatic carbocycles.